The second-order valence-electron chi connectivity index (χ2n) is 5.31. The molecule has 1 aliphatic rings. The molecule has 1 aromatic rings. The largest absolute Gasteiger partial charge is 0.708 e. The van der Waals surface area contributed by atoms with Gasteiger partial charge in [0.15, 0.2) is 5.95 Å². The summed E-state index contributed by atoms with van der Waals surface area (Å²) in [6, 6.07) is 1.97. The Bertz CT molecular complexity index is 886. The van der Waals surface area contributed by atoms with Gasteiger partial charge in [0.1, 0.15) is 31.0 Å². The zero-order valence-electron chi connectivity index (χ0n) is 13.4. The average molecular weight is 468 g/mol. The molecule has 0 spiro atoms. The fraction of sp³-hybridized carbons (Fsp3) is 0.500. The quantitative estimate of drug-likeness (QED) is 0.211. The summed E-state index contributed by atoms with van der Waals surface area (Å²) in [6.07, 6.45) is -6.18. The summed E-state index contributed by atoms with van der Waals surface area (Å²) in [7, 11) is -14.3. The van der Waals surface area contributed by atoms with Crippen LogP contribution in [0.15, 0.2) is 16.9 Å². The van der Waals surface area contributed by atoms with E-state index in [0.717, 1.165) is 12.1 Å². The van der Waals surface area contributed by atoms with Gasteiger partial charge in [-0.3, -0.25) is 14.7 Å². The van der Waals surface area contributed by atoms with Crippen molar-refractivity contribution in [2.75, 3.05) is 6.61 Å². The average Bonchev–Trinajstić information content (AvgIpc) is 2.78. The van der Waals surface area contributed by atoms with E-state index in [9.17, 15) is 33.1 Å². The molecule has 1 saturated heterocycles. The number of rotatable bonds is 8. The first-order valence-electron chi connectivity index (χ1n) is 7.09. The molecule has 0 aromatic carbocycles. The first-order valence-corrected chi connectivity index (χ1v) is 11.2. The fourth-order valence-corrected chi connectivity index (χ4v) is 4.81. The number of hydrogen-bond donors (Lipinski definition) is 6. The first-order chi connectivity index (χ1) is 12.8. The lowest BCUT2D eigenvalue weighted by atomic mass is 10.0. The summed E-state index contributed by atoms with van der Waals surface area (Å²) < 4.78 is 63.9. The van der Waals surface area contributed by atoms with Crippen molar-refractivity contribution in [1.82, 2.24) is 4.98 Å². The van der Waals surface area contributed by atoms with E-state index in [-0.39, 0.29) is 5.56 Å². The highest BCUT2D eigenvalue weighted by molar-refractivity contribution is 7.64. The highest BCUT2D eigenvalue weighted by Crippen LogP contribution is 2.61. The van der Waals surface area contributed by atoms with Crippen LogP contribution in [-0.2, 0) is 31.6 Å². The minimum atomic E-state index is -5.44. The Labute approximate surface area is 155 Å². The van der Waals surface area contributed by atoms with Gasteiger partial charge in [0.25, 0.3) is 0 Å². The van der Waals surface area contributed by atoms with Gasteiger partial charge in [0.2, 0.25) is 5.56 Å². The van der Waals surface area contributed by atoms with Crippen LogP contribution in [0, 0.1) is 5.95 Å². The third-order valence-corrected chi connectivity index (χ3v) is 6.69. The highest BCUT2D eigenvalue weighted by atomic mass is 31.3. The number of aliphatic hydroxyl groups excluding tert-OH is 2. The van der Waals surface area contributed by atoms with Crippen LogP contribution in [0.2, 0.25) is 0 Å². The Balaban J connectivity index is 1.98. The molecule has 0 amide bonds. The van der Waals surface area contributed by atoms with Gasteiger partial charge in [0.05, 0.1) is 0 Å². The van der Waals surface area contributed by atoms with Crippen LogP contribution >= 0.6 is 23.9 Å². The minimum Gasteiger partial charge on any atom is -0.387 e. The third-order valence-electron chi connectivity index (χ3n) is 3.29. The smallest absolute Gasteiger partial charge is 0.387 e. The number of pyridine rings is 1. The molecule has 158 valence electrons. The molecule has 3 unspecified atom stereocenters. The van der Waals surface area contributed by atoms with E-state index in [0.29, 0.717) is 0 Å². The Morgan fingerprint density at radius 1 is 1.21 bits per heavy atom. The minimum absolute atomic E-state index is 0.288. The van der Waals surface area contributed by atoms with Crippen LogP contribution in [0.5, 0.6) is 0 Å². The predicted octanol–water partition coefficient (Wildman–Crippen LogP) is -0.424. The summed E-state index contributed by atoms with van der Waals surface area (Å²) in [5.41, 5.74) is -1.04. The summed E-state index contributed by atoms with van der Waals surface area (Å²) >= 11 is 0. The zero-order valence-corrected chi connectivity index (χ0v) is 16.1. The molecule has 2 rings (SSSR count). The van der Waals surface area contributed by atoms with Gasteiger partial charge >= 0.3 is 23.9 Å². The summed E-state index contributed by atoms with van der Waals surface area (Å²) in [4.78, 5) is 38.7. The SMILES string of the molecule is O=c1ccc([C@@H]2O[C@H](CO[P+](=O)OP(=O)(O)OP(=O)(O)O)C(O)[C@@H]2O)c(F)[nH]1. The molecule has 14 nitrogen and oxygen atoms in total. The topological polar surface area (TPSA) is 222 Å². The molecule has 0 saturated carbocycles. The van der Waals surface area contributed by atoms with E-state index < -0.39 is 66.4 Å². The van der Waals surface area contributed by atoms with Gasteiger partial charge in [-0.1, -0.05) is 0 Å². The van der Waals surface area contributed by atoms with Crippen molar-refractivity contribution in [3.8, 4) is 0 Å². The van der Waals surface area contributed by atoms with Crippen LogP contribution in [0.1, 0.15) is 11.7 Å². The number of aliphatic hydroxyl groups is 2. The summed E-state index contributed by atoms with van der Waals surface area (Å²) in [5.74, 6) is -1.12. The number of aromatic amines is 1. The molecule has 0 radical (unpaired) electrons. The van der Waals surface area contributed by atoms with Crippen molar-refractivity contribution in [2.45, 2.75) is 24.4 Å². The number of phosphoric acid groups is 2. The lowest BCUT2D eigenvalue weighted by Gasteiger charge is -2.14. The molecule has 1 fully saturated rings. The maximum Gasteiger partial charge on any atom is 0.708 e. The predicted molar refractivity (Wildman–Crippen MR) is 84.2 cm³/mol. The molecule has 2 heterocycles. The Morgan fingerprint density at radius 2 is 1.86 bits per heavy atom. The Hall–Kier alpha value is -0.920. The Kier molecular flexibility index (Phi) is 7.37. The van der Waals surface area contributed by atoms with Crippen molar-refractivity contribution < 1.29 is 60.9 Å². The van der Waals surface area contributed by atoms with E-state index in [1.165, 1.54) is 0 Å². The molecule has 28 heavy (non-hydrogen) atoms. The molecule has 1 aliphatic heterocycles. The standard InChI is InChI=1S/C10H13FNO13P3/c11-10-4(1-2-6(13)12-10)9-8(15)7(14)5(23-9)3-22-26(16)24-28(20,21)25-27(17,18)19/h1-2,5,7-9,14-15H,3H2,(H3-,12,13,17,18,19,20,21)/p+1/t5-,7?,8+,9+/m1/s1. The molecule has 6 N–H and O–H groups in total. The van der Waals surface area contributed by atoms with Crippen molar-refractivity contribution in [3.05, 3.63) is 34.0 Å². The van der Waals surface area contributed by atoms with Gasteiger partial charge in [-0.2, -0.15) is 8.70 Å². The van der Waals surface area contributed by atoms with Crippen LogP contribution in [0.25, 0.3) is 0 Å². The lowest BCUT2D eigenvalue weighted by Crippen LogP contribution is -2.33. The zero-order chi connectivity index (χ0) is 21.3. The van der Waals surface area contributed by atoms with Crippen molar-refractivity contribution in [2.24, 2.45) is 0 Å². The van der Waals surface area contributed by atoms with Crippen molar-refractivity contribution in [3.63, 3.8) is 0 Å². The van der Waals surface area contributed by atoms with Gasteiger partial charge in [-0.25, -0.2) is 9.13 Å². The molecule has 18 heteroatoms. The number of nitrogens with one attached hydrogen (secondary N) is 1. The molecule has 0 aliphatic carbocycles. The van der Waals surface area contributed by atoms with Crippen molar-refractivity contribution >= 4 is 23.9 Å². The number of hydrogen-bond acceptors (Lipinski definition) is 10. The van der Waals surface area contributed by atoms with Gasteiger partial charge in [-0.15, -0.1) is 4.52 Å². The molecular weight excluding hydrogens is 454 g/mol. The van der Waals surface area contributed by atoms with Crippen LogP contribution in [0.3, 0.4) is 0 Å². The number of halogens is 1. The lowest BCUT2D eigenvalue weighted by molar-refractivity contribution is -0.0185. The van der Waals surface area contributed by atoms with Crippen LogP contribution < -0.4 is 5.56 Å². The molecule has 6 atom stereocenters. The van der Waals surface area contributed by atoms with E-state index in [1.807, 2.05) is 4.98 Å². The van der Waals surface area contributed by atoms with E-state index in [4.69, 9.17) is 19.4 Å². The third kappa shape index (κ3) is 6.29. The van der Waals surface area contributed by atoms with E-state index >= 15 is 0 Å². The van der Waals surface area contributed by atoms with E-state index in [2.05, 4.69) is 13.1 Å². The maximum absolute atomic E-state index is 13.8. The normalized spacial score (nSPS) is 28.1. The second-order valence-corrected chi connectivity index (χ2v) is 9.24. The molecular formula is C10H14FNO13P3+. The Morgan fingerprint density at radius 3 is 2.43 bits per heavy atom. The van der Waals surface area contributed by atoms with Crippen LogP contribution in [-0.4, -0.2) is 54.8 Å². The first kappa shape index (κ1) is 23.4. The van der Waals surface area contributed by atoms with Gasteiger partial charge in [0, 0.05) is 16.2 Å². The second kappa shape index (κ2) is 8.84. The van der Waals surface area contributed by atoms with Gasteiger partial charge < -0.3 is 24.7 Å². The van der Waals surface area contributed by atoms with E-state index in [1.54, 1.807) is 0 Å². The number of aromatic nitrogens is 1. The fourth-order valence-electron chi connectivity index (χ4n) is 2.22. The number of ether oxygens (including phenoxy) is 1. The van der Waals surface area contributed by atoms with Gasteiger partial charge in [-0.05, 0) is 10.4 Å². The van der Waals surface area contributed by atoms with Crippen LogP contribution in [0.4, 0.5) is 4.39 Å². The summed E-state index contributed by atoms with van der Waals surface area (Å²) in [5, 5.41) is 19.9. The molecule has 1 aromatic heterocycles. The highest BCUT2D eigenvalue weighted by Gasteiger charge is 2.48. The monoisotopic (exact) mass is 468 g/mol. The van der Waals surface area contributed by atoms with Crippen molar-refractivity contribution in [1.29, 1.82) is 0 Å². The maximum atomic E-state index is 13.8. The molecule has 0 bridgehead atoms. The number of H-pyrrole nitrogens is 1. The summed E-state index contributed by atoms with van der Waals surface area (Å²) in [6.45, 7) is -0.801.